The third-order valence-corrected chi connectivity index (χ3v) is 6.56. The molecule has 0 aromatic heterocycles. The van der Waals surface area contributed by atoms with Crippen molar-refractivity contribution < 1.29 is 39.1 Å². The molecule has 184 valence electrons. The van der Waals surface area contributed by atoms with Gasteiger partial charge in [0.05, 0.1) is 12.2 Å². The molecule has 0 spiro atoms. The lowest BCUT2D eigenvalue weighted by atomic mass is 9.58. The van der Waals surface area contributed by atoms with Gasteiger partial charge in [0.2, 0.25) is 0 Å². The summed E-state index contributed by atoms with van der Waals surface area (Å²) in [4.78, 5) is 11.5. The first-order valence-corrected chi connectivity index (χ1v) is 10.1. The summed E-state index contributed by atoms with van der Waals surface area (Å²) in [6.07, 6.45) is 0.119. The molecule has 31 heavy (non-hydrogen) atoms. The van der Waals surface area contributed by atoms with E-state index < -0.39 is 47.3 Å². The number of carbonyl (C=O) groups is 1. The Hall–Kier alpha value is -0.870. The lowest BCUT2D eigenvalue weighted by Crippen LogP contribution is -2.65. The molecular formula is C23H44O8. The van der Waals surface area contributed by atoms with Crippen LogP contribution in [0.5, 0.6) is 0 Å². The molecule has 7 unspecified atom stereocenters. The van der Waals surface area contributed by atoms with E-state index in [1.165, 1.54) is 27.2 Å². The summed E-state index contributed by atoms with van der Waals surface area (Å²) in [5.41, 5.74) is -2.91. The van der Waals surface area contributed by atoms with Gasteiger partial charge in [-0.25, -0.2) is 0 Å². The number of aliphatic hydroxyl groups is 3. The van der Waals surface area contributed by atoms with Gasteiger partial charge in [-0.15, -0.1) is 0 Å². The fraction of sp³-hybridized carbons (Fsp3) is 0.870. The highest BCUT2D eigenvalue weighted by Gasteiger charge is 2.58. The van der Waals surface area contributed by atoms with Gasteiger partial charge in [0.1, 0.15) is 30.0 Å². The molecule has 8 nitrogen and oxygen atoms in total. The fourth-order valence-electron chi connectivity index (χ4n) is 4.58. The van der Waals surface area contributed by atoms with Crippen molar-refractivity contribution in [3.05, 3.63) is 12.2 Å². The second-order valence-electron chi connectivity index (χ2n) is 8.95. The Morgan fingerprint density at radius 1 is 1.10 bits per heavy atom. The number of ether oxygens (including phenoxy) is 4. The molecule has 0 bridgehead atoms. The molecule has 8 heteroatoms. The van der Waals surface area contributed by atoms with E-state index in [1.807, 2.05) is 20.8 Å². The first kappa shape index (κ1) is 30.1. The number of allylic oxidation sites excluding steroid dienone is 1. The van der Waals surface area contributed by atoms with Gasteiger partial charge < -0.3 is 34.3 Å². The van der Waals surface area contributed by atoms with Gasteiger partial charge in [-0.05, 0) is 50.7 Å². The zero-order chi connectivity index (χ0) is 22.0. The van der Waals surface area contributed by atoms with Crippen LogP contribution in [0.4, 0.5) is 0 Å². The second kappa shape index (κ2) is 11.3. The number of hydrogen-bond donors (Lipinski definition) is 3. The molecule has 1 saturated heterocycles. The smallest absolute Gasteiger partial charge is 0.186 e. The second-order valence-corrected chi connectivity index (χ2v) is 8.95. The highest BCUT2D eigenvalue weighted by molar-refractivity contribution is 5.87. The molecule has 0 aromatic carbocycles. The predicted molar refractivity (Wildman–Crippen MR) is 119 cm³/mol. The van der Waals surface area contributed by atoms with Crippen molar-refractivity contribution in [3.8, 4) is 0 Å². The molecule has 2 aliphatic rings. The maximum absolute atomic E-state index is 11.7. The van der Waals surface area contributed by atoms with Crippen LogP contribution in [0.2, 0.25) is 0 Å². The molecule has 1 aliphatic carbocycles. The van der Waals surface area contributed by atoms with E-state index in [0.29, 0.717) is 6.42 Å². The molecule has 0 radical (unpaired) electrons. The summed E-state index contributed by atoms with van der Waals surface area (Å²) in [6.45, 7) is 7.17. The van der Waals surface area contributed by atoms with Crippen LogP contribution in [0.3, 0.4) is 0 Å². The average Bonchev–Trinajstić information content (AvgIpc) is 2.65. The van der Waals surface area contributed by atoms with Crippen LogP contribution in [-0.2, 0) is 23.7 Å². The average molecular weight is 449 g/mol. The summed E-state index contributed by atoms with van der Waals surface area (Å²) >= 11 is 0. The Labute approximate surface area is 187 Å². The zero-order valence-corrected chi connectivity index (χ0v) is 18.3. The standard InChI is InChI=1S/C21H36O8.2CH4/c1-13(22)8-11-21(25)19(2,3)9-7-10-20(21,4)28-12-14-17(26-5)15(23)16(24)18(27-6)29-14;;/h8,11,14-18,23-25H,7,9-10,12H2,1-6H3;2*1H4/b11-8+;;. The minimum atomic E-state index is -1.39. The van der Waals surface area contributed by atoms with Gasteiger partial charge in [-0.1, -0.05) is 28.7 Å². The minimum Gasteiger partial charge on any atom is -0.387 e. The summed E-state index contributed by atoms with van der Waals surface area (Å²) in [7, 11) is 2.80. The van der Waals surface area contributed by atoms with Crippen LogP contribution in [0.25, 0.3) is 0 Å². The SMILES string of the molecule is C.C.COC1OC(COC2(C)CCCC(C)(C)C2(O)/C=C/C(C)=O)C(OC)C(O)C1O. The van der Waals surface area contributed by atoms with E-state index in [1.54, 1.807) is 6.08 Å². The number of methoxy groups -OCH3 is 2. The Kier molecular flexibility index (Phi) is 11.0. The normalized spacial score (nSPS) is 40.1. The number of ketones is 1. The number of aliphatic hydroxyl groups excluding tert-OH is 2. The van der Waals surface area contributed by atoms with E-state index in [4.69, 9.17) is 18.9 Å². The van der Waals surface area contributed by atoms with E-state index in [9.17, 15) is 20.1 Å². The first-order chi connectivity index (χ1) is 13.4. The van der Waals surface area contributed by atoms with E-state index >= 15 is 0 Å². The van der Waals surface area contributed by atoms with Crippen LogP contribution in [0, 0.1) is 5.41 Å². The Morgan fingerprint density at radius 3 is 2.23 bits per heavy atom. The molecule has 1 saturated carbocycles. The van der Waals surface area contributed by atoms with Crippen molar-refractivity contribution in [2.24, 2.45) is 5.41 Å². The summed E-state index contributed by atoms with van der Waals surface area (Å²) in [6, 6.07) is 0. The van der Waals surface area contributed by atoms with Gasteiger partial charge in [-0.3, -0.25) is 4.79 Å². The molecule has 1 aliphatic heterocycles. The van der Waals surface area contributed by atoms with Crippen LogP contribution >= 0.6 is 0 Å². The van der Waals surface area contributed by atoms with Crippen LogP contribution in [-0.4, -0.2) is 83.8 Å². The Bertz CT molecular complexity index is 606. The lowest BCUT2D eigenvalue weighted by Gasteiger charge is -2.56. The molecule has 0 amide bonds. The largest absolute Gasteiger partial charge is 0.387 e. The van der Waals surface area contributed by atoms with E-state index in [2.05, 4.69) is 0 Å². The Morgan fingerprint density at radius 2 is 1.71 bits per heavy atom. The number of carbonyl (C=O) groups excluding carboxylic acids is 1. The molecular weight excluding hydrogens is 404 g/mol. The van der Waals surface area contributed by atoms with Crippen molar-refractivity contribution >= 4 is 5.78 Å². The zero-order valence-electron chi connectivity index (χ0n) is 18.3. The van der Waals surface area contributed by atoms with Crippen molar-refractivity contribution in [3.63, 3.8) is 0 Å². The van der Waals surface area contributed by atoms with Gasteiger partial charge in [0.25, 0.3) is 0 Å². The van der Waals surface area contributed by atoms with Gasteiger partial charge >= 0.3 is 0 Å². The maximum Gasteiger partial charge on any atom is 0.186 e. The van der Waals surface area contributed by atoms with Gasteiger partial charge in [0, 0.05) is 14.2 Å². The minimum absolute atomic E-state index is 0. The molecule has 3 N–H and O–H groups in total. The maximum atomic E-state index is 11.7. The molecule has 2 fully saturated rings. The number of rotatable bonds is 7. The summed E-state index contributed by atoms with van der Waals surface area (Å²) in [5.74, 6) is -0.155. The van der Waals surface area contributed by atoms with Crippen LogP contribution in [0.15, 0.2) is 12.2 Å². The monoisotopic (exact) mass is 448 g/mol. The van der Waals surface area contributed by atoms with Crippen LogP contribution < -0.4 is 0 Å². The van der Waals surface area contributed by atoms with Crippen molar-refractivity contribution in [1.82, 2.24) is 0 Å². The van der Waals surface area contributed by atoms with Crippen molar-refractivity contribution in [1.29, 1.82) is 0 Å². The third kappa shape index (κ3) is 5.74. The molecule has 0 aromatic rings. The summed E-state index contributed by atoms with van der Waals surface area (Å²) in [5, 5.41) is 32.1. The molecule has 7 atom stereocenters. The lowest BCUT2D eigenvalue weighted by molar-refractivity contribution is -0.311. The summed E-state index contributed by atoms with van der Waals surface area (Å²) < 4.78 is 22.4. The predicted octanol–water partition coefficient (Wildman–Crippen LogP) is 2.23. The Balaban J connectivity index is 0.00000450. The first-order valence-electron chi connectivity index (χ1n) is 10.1. The number of hydrogen-bond acceptors (Lipinski definition) is 8. The van der Waals surface area contributed by atoms with Gasteiger partial charge in [0.15, 0.2) is 12.1 Å². The van der Waals surface area contributed by atoms with Gasteiger partial charge in [-0.2, -0.15) is 0 Å². The van der Waals surface area contributed by atoms with Crippen LogP contribution in [0.1, 0.15) is 61.8 Å². The highest BCUT2D eigenvalue weighted by Crippen LogP contribution is 2.52. The highest BCUT2D eigenvalue weighted by atomic mass is 16.7. The van der Waals surface area contributed by atoms with Crippen molar-refractivity contribution in [2.45, 2.75) is 104 Å². The van der Waals surface area contributed by atoms with E-state index in [0.717, 1.165) is 12.8 Å². The molecule has 1 heterocycles. The van der Waals surface area contributed by atoms with Crippen molar-refractivity contribution in [2.75, 3.05) is 20.8 Å². The topological polar surface area (TPSA) is 115 Å². The fourth-order valence-corrected chi connectivity index (χ4v) is 4.58. The third-order valence-electron chi connectivity index (χ3n) is 6.56. The molecule has 2 rings (SSSR count). The van der Waals surface area contributed by atoms with E-state index in [-0.39, 0.29) is 27.2 Å². The quantitative estimate of drug-likeness (QED) is 0.508.